The van der Waals surface area contributed by atoms with Crippen molar-refractivity contribution in [3.63, 3.8) is 0 Å². The Hall–Kier alpha value is -1.14. The molecule has 0 atom stereocenters. The van der Waals surface area contributed by atoms with E-state index in [9.17, 15) is 4.79 Å². The van der Waals surface area contributed by atoms with Gasteiger partial charge in [0.15, 0.2) is 5.11 Å². The number of halogens is 1. The number of carbonyl (C=O) groups excluding carboxylic acids is 1. The molecule has 1 aromatic rings. The topological polar surface area (TPSA) is 41.6 Å². The Balaban J connectivity index is 2.05. The van der Waals surface area contributed by atoms with Crippen molar-refractivity contribution in [2.24, 2.45) is 5.92 Å². The average Bonchev–Trinajstić information content (AvgIpc) is 3.02. The van der Waals surface area contributed by atoms with Gasteiger partial charge in [0.25, 0.3) is 5.91 Å². The zero-order valence-electron chi connectivity index (χ0n) is 13.6. The number of ether oxygens (including phenoxy) is 1. The van der Waals surface area contributed by atoms with Crippen molar-refractivity contribution in [3.8, 4) is 5.75 Å². The molecule has 1 fully saturated rings. The fourth-order valence-corrected chi connectivity index (χ4v) is 3.01. The number of carbonyl (C=O) groups is 1. The normalized spacial score (nSPS) is 14.2. The summed E-state index contributed by atoms with van der Waals surface area (Å²) in [7, 11) is 0. The standard InChI is InChI=1S/C17H23BrN2O2S/c1-12(2)7-10-22-15-6-5-13(18)11-14(15)16(21)19-17(23)20-8-3-4-9-20/h5-6,11-12H,3-4,7-10H2,1-2H3,(H,19,21,23). The van der Waals surface area contributed by atoms with Gasteiger partial charge in [-0.3, -0.25) is 10.1 Å². The molecule has 1 heterocycles. The van der Waals surface area contributed by atoms with Crippen LogP contribution < -0.4 is 10.1 Å². The maximum Gasteiger partial charge on any atom is 0.261 e. The third-order valence-corrected chi connectivity index (χ3v) is 4.61. The molecule has 1 amide bonds. The van der Waals surface area contributed by atoms with Crippen LogP contribution in [0.1, 0.15) is 43.5 Å². The Morgan fingerprint density at radius 1 is 1.39 bits per heavy atom. The zero-order chi connectivity index (χ0) is 16.8. The molecule has 0 unspecified atom stereocenters. The molecule has 1 aliphatic heterocycles. The summed E-state index contributed by atoms with van der Waals surface area (Å²) in [5.41, 5.74) is 0.504. The SMILES string of the molecule is CC(C)CCOc1ccc(Br)cc1C(=O)NC(=S)N1CCCC1. The number of nitrogens with zero attached hydrogens (tertiary/aromatic N) is 1. The summed E-state index contributed by atoms with van der Waals surface area (Å²) in [6, 6.07) is 5.46. The lowest BCUT2D eigenvalue weighted by Gasteiger charge is -2.19. The summed E-state index contributed by atoms with van der Waals surface area (Å²) in [6.45, 7) is 6.71. The fourth-order valence-electron chi connectivity index (χ4n) is 2.37. The first-order valence-corrected chi connectivity index (χ1v) is 9.20. The van der Waals surface area contributed by atoms with Crippen molar-refractivity contribution >= 4 is 39.2 Å². The molecule has 0 bridgehead atoms. The Bertz CT molecular complexity index is 572. The van der Waals surface area contributed by atoms with Crippen LogP contribution in [-0.4, -0.2) is 35.6 Å². The van der Waals surface area contributed by atoms with Gasteiger partial charge in [-0.1, -0.05) is 29.8 Å². The van der Waals surface area contributed by atoms with Crippen molar-refractivity contribution in [2.75, 3.05) is 19.7 Å². The lowest BCUT2D eigenvalue weighted by Crippen LogP contribution is -2.41. The molecule has 126 valence electrons. The van der Waals surface area contributed by atoms with E-state index in [1.165, 1.54) is 0 Å². The molecule has 0 saturated carbocycles. The fraction of sp³-hybridized carbons (Fsp3) is 0.529. The summed E-state index contributed by atoms with van der Waals surface area (Å²) in [6.07, 6.45) is 3.19. The van der Waals surface area contributed by atoms with Crippen molar-refractivity contribution in [1.82, 2.24) is 10.2 Å². The largest absolute Gasteiger partial charge is 0.493 e. The van der Waals surface area contributed by atoms with Gasteiger partial charge in [-0.2, -0.15) is 0 Å². The highest BCUT2D eigenvalue weighted by atomic mass is 79.9. The molecule has 1 saturated heterocycles. The molecular weight excluding hydrogens is 376 g/mol. The lowest BCUT2D eigenvalue weighted by molar-refractivity contribution is 0.0969. The quantitative estimate of drug-likeness (QED) is 0.761. The van der Waals surface area contributed by atoms with E-state index in [1.54, 1.807) is 6.07 Å². The van der Waals surface area contributed by atoms with E-state index in [1.807, 2.05) is 17.0 Å². The number of rotatable bonds is 5. The van der Waals surface area contributed by atoms with Crippen LogP contribution in [0.15, 0.2) is 22.7 Å². The first-order chi connectivity index (χ1) is 11.0. The highest BCUT2D eigenvalue weighted by Gasteiger charge is 2.19. The van der Waals surface area contributed by atoms with Gasteiger partial charge < -0.3 is 9.64 Å². The van der Waals surface area contributed by atoms with Crippen molar-refractivity contribution < 1.29 is 9.53 Å². The molecule has 0 radical (unpaired) electrons. The molecule has 1 N–H and O–H groups in total. The minimum absolute atomic E-state index is 0.220. The molecule has 0 aromatic heterocycles. The highest BCUT2D eigenvalue weighted by molar-refractivity contribution is 9.10. The molecule has 4 nitrogen and oxygen atoms in total. The third-order valence-electron chi connectivity index (χ3n) is 3.75. The van der Waals surface area contributed by atoms with Crippen molar-refractivity contribution in [2.45, 2.75) is 33.1 Å². The Labute approximate surface area is 151 Å². The van der Waals surface area contributed by atoms with Crippen LogP contribution in [0.25, 0.3) is 0 Å². The Morgan fingerprint density at radius 3 is 2.74 bits per heavy atom. The molecule has 1 aliphatic rings. The summed E-state index contributed by atoms with van der Waals surface area (Å²) >= 11 is 8.74. The van der Waals surface area contributed by atoms with E-state index in [-0.39, 0.29) is 5.91 Å². The number of hydrogen-bond acceptors (Lipinski definition) is 3. The first kappa shape index (κ1) is 18.2. The number of thiocarbonyl (C=S) groups is 1. The Morgan fingerprint density at radius 2 is 2.09 bits per heavy atom. The van der Waals surface area contributed by atoms with Gasteiger partial charge in [0.2, 0.25) is 0 Å². The minimum atomic E-state index is -0.220. The lowest BCUT2D eigenvalue weighted by atomic mass is 10.1. The highest BCUT2D eigenvalue weighted by Crippen LogP contribution is 2.24. The van der Waals surface area contributed by atoms with Crippen LogP contribution in [0.2, 0.25) is 0 Å². The van der Waals surface area contributed by atoms with Gasteiger partial charge >= 0.3 is 0 Å². The number of nitrogens with one attached hydrogen (secondary N) is 1. The number of amides is 1. The van der Waals surface area contributed by atoms with Gasteiger partial charge in [-0.25, -0.2) is 0 Å². The molecule has 23 heavy (non-hydrogen) atoms. The van der Waals surface area contributed by atoms with Crippen LogP contribution in [-0.2, 0) is 0 Å². The van der Waals surface area contributed by atoms with Crippen LogP contribution in [0.3, 0.4) is 0 Å². The van der Waals surface area contributed by atoms with Gasteiger partial charge in [-0.05, 0) is 55.6 Å². The van der Waals surface area contributed by atoms with E-state index < -0.39 is 0 Å². The summed E-state index contributed by atoms with van der Waals surface area (Å²) in [4.78, 5) is 14.6. The summed E-state index contributed by atoms with van der Waals surface area (Å²) < 4.78 is 6.63. The van der Waals surface area contributed by atoms with E-state index in [0.29, 0.717) is 29.0 Å². The number of benzene rings is 1. The van der Waals surface area contributed by atoms with Gasteiger partial charge in [0, 0.05) is 17.6 Å². The minimum Gasteiger partial charge on any atom is -0.493 e. The summed E-state index contributed by atoms with van der Waals surface area (Å²) in [5, 5.41) is 3.32. The smallest absolute Gasteiger partial charge is 0.261 e. The van der Waals surface area contributed by atoms with Gasteiger partial charge in [0.1, 0.15) is 5.75 Å². The van der Waals surface area contributed by atoms with E-state index in [4.69, 9.17) is 17.0 Å². The third kappa shape index (κ3) is 5.46. The summed E-state index contributed by atoms with van der Waals surface area (Å²) in [5.74, 6) is 0.934. The number of likely N-dealkylation sites (tertiary alicyclic amines) is 1. The number of hydrogen-bond donors (Lipinski definition) is 1. The van der Waals surface area contributed by atoms with Gasteiger partial charge in [-0.15, -0.1) is 0 Å². The van der Waals surface area contributed by atoms with Crippen LogP contribution >= 0.6 is 28.1 Å². The van der Waals surface area contributed by atoms with E-state index in [0.717, 1.165) is 36.8 Å². The molecule has 0 spiro atoms. The maximum atomic E-state index is 12.6. The monoisotopic (exact) mass is 398 g/mol. The van der Waals surface area contributed by atoms with Crippen LogP contribution in [0.5, 0.6) is 5.75 Å². The van der Waals surface area contributed by atoms with Crippen LogP contribution in [0.4, 0.5) is 0 Å². The Kier molecular flexibility index (Phi) is 6.84. The molecule has 0 aliphatic carbocycles. The predicted molar refractivity (Wildman–Crippen MR) is 100.0 cm³/mol. The van der Waals surface area contributed by atoms with Crippen molar-refractivity contribution in [1.29, 1.82) is 0 Å². The zero-order valence-corrected chi connectivity index (χ0v) is 16.0. The molecule has 6 heteroatoms. The average molecular weight is 399 g/mol. The van der Waals surface area contributed by atoms with E-state index in [2.05, 4.69) is 35.1 Å². The second kappa shape index (κ2) is 8.64. The molecule has 1 aromatic carbocycles. The van der Waals surface area contributed by atoms with Crippen molar-refractivity contribution in [3.05, 3.63) is 28.2 Å². The van der Waals surface area contributed by atoms with Crippen LogP contribution in [0, 0.1) is 5.92 Å². The second-order valence-electron chi connectivity index (χ2n) is 6.12. The maximum absolute atomic E-state index is 12.6. The van der Waals surface area contributed by atoms with Gasteiger partial charge in [0.05, 0.1) is 12.2 Å². The molecular formula is C17H23BrN2O2S. The molecule has 2 rings (SSSR count). The first-order valence-electron chi connectivity index (χ1n) is 8.00. The predicted octanol–water partition coefficient (Wildman–Crippen LogP) is 3.98. The second-order valence-corrected chi connectivity index (χ2v) is 7.43. The van der Waals surface area contributed by atoms with E-state index >= 15 is 0 Å².